The predicted octanol–water partition coefficient (Wildman–Crippen LogP) is 8.45. The fourth-order valence-corrected chi connectivity index (χ4v) is 4.54. The quantitative estimate of drug-likeness (QED) is 0.146. The molecule has 0 saturated heterocycles. The maximum absolute atomic E-state index is 13.4. The highest BCUT2D eigenvalue weighted by atomic mass is 35.5. The number of amides is 1. The molecule has 0 aliphatic rings. The third kappa shape index (κ3) is 9.27. The highest BCUT2D eigenvalue weighted by Gasteiger charge is 2.51. The van der Waals surface area contributed by atoms with Crippen LogP contribution in [0.5, 0.6) is 5.75 Å². The minimum Gasteiger partial charge on any atom is -0.487 e. The Bertz CT molecular complexity index is 1590. The van der Waals surface area contributed by atoms with E-state index in [2.05, 4.69) is 5.32 Å². The predicted molar refractivity (Wildman–Crippen MR) is 153 cm³/mol. The van der Waals surface area contributed by atoms with E-state index < -0.39 is 66.8 Å². The number of ketones is 2. The number of alkyl halides is 8. The smallest absolute Gasteiger partial charge is 0.416 e. The Balaban J connectivity index is 1.82. The van der Waals surface area contributed by atoms with Crippen LogP contribution in [0.2, 0.25) is 5.02 Å². The van der Waals surface area contributed by atoms with Gasteiger partial charge in [0.25, 0.3) is 12.3 Å². The maximum atomic E-state index is 13.4. The van der Waals surface area contributed by atoms with Crippen molar-refractivity contribution in [1.82, 2.24) is 5.32 Å². The number of ether oxygens (including phenoxy) is 1. The van der Waals surface area contributed by atoms with Crippen LogP contribution >= 0.6 is 11.6 Å². The van der Waals surface area contributed by atoms with E-state index in [-0.39, 0.29) is 45.9 Å². The van der Waals surface area contributed by atoms with E-state index in [0.717, 1.165) is 32.0 Å². The van der Waals surface area contributed by atoms with Crippen molar-refractivity contribution in [2.45, 2.75) is 58.4 Å². The van der Waals surface area contributed by atoms with Crippen molar-refractivity contribution in [2.24, 2.45) is 5.41 Å². The molecule has 3 aromatic carbocycles. The molecular weight excluding hydrogens is 650 g/mol. The standard InChI is InChI=1S/C32H28ClF8NO4/c1-30(2,32(39,40)41)27(44)12-9-18-7-10-24(33)21(13-18)25(43)15-19-8-11-26(46-17-28(34)35)22(14-19)29(45)42-16-20-5-3-4-6-23(20)31(36,37)38/h3-8,10-11,13-14,28H,9,12,15-17H2,1-2H3,(H,42,45). The van der Waals surface area contributed by atoms with Gasteiger partial charge in [-0.15, -0.1) is 0 Å². The minimum atomic E-state index is -4.74. The molecule has 0 saturated carbocycles. The monoisotopic (exact) mass is 677 g/mol. The summed E-state index contributed by atoms with van der Waals surface area (Å²) in [5.41, 5.74) is -3.56. The van der Waals surface area contributed by atoms with Gasteiger partial charge in [0.2, 0.25) is 0 Å². The number of rotatable bonds is 13. The largest absolute Gasteiger partial charge is 0.487 e. The van der Waals surface area contributed by atoms with Gasteiger partial charge in [-0.25, -0.2) is 8.78 Å². The van der Waals surface area contributed by atoms with Crippen LogP contribution in [-0.4, -0.2) is 36.7 Å². The zero-order valence-corrected chi connectivity index (χ0v) is 25.2. The Labute approximate surface area is 263 Å². The first kappa shape index (κ1) is 36.5. The molecule has 14 heteroatoms. The van der Waals surface area contributed by atoms with Crippen LogP contribution in [0.3, 0.4) is 0 Å². The van der Waals surface area contributed by atoms with E-state index in [1.165, 1.54) is 42.5 Å². The highest BCUT2D eigenvalue weighted by molar-refractivity contribution is 6.34. The third-order valence-corrected chi connectivity index (χ3v) is 7.49. The molecule has 0 aromatic heterocycles. The number of halogens is 9. The first-order chi connectivity index (χ1) is 21.3. The molecular formula is C32H28ClF8NO4. The Morgan fingerprint density at radius 1 is 0.870 bits per heavy atom. The molecule has 3 aromatic rings. The van der Waals surface area contributed by atoms with Gasteiger partial charge in [0.05, 0.1) is 16.1 Å². The second kappa shape index (κ2) is 14.6. The van der Waals surface area contributed by atoms with E-state index in [1.807, 2.05) is 0 Å². The summed E-state index contributed by atoms with van der Waals surface area (Å²) in [6.07, 6.45) is -13.3. The van der Waals surface area contributed by atoms with Crippen LogP contribution in [0.15, 0.2) is 60.7 Å². The van der Waals surface area contributed by atoms with Crippen molar-refractivity contribution < 1.29 is 54.2 Å². The lowest BCUT2D eigenvalue weighted by Gasteiger charge is -2.26. The molecule has 46 heavy (non-hydrogen) atoms. The molecule has 5 nitrogen and oxygen atoms in total. The molecule has 248 valence electrons. The molecule has 0 atom stereocenters. The Morgan fingerprint density at radius 3 is 2.13 bits per heavy atom. The summed E-state index contributed by atoms with van der Waals surface area (Å²) < 4.78 is 110. The third-order valence-electron chi connectivity index (χ3n) is 7.16. The number of hydrogen-bond donors (Lipinski definition) is 1. The van der Waals surface area contributed by atoms with Crippen molar-refractivity contribution in [3.05, 3.63) is 99.1 Å². The van der Waals surface area contributed by atoms with Gasteiger partial charge in [-0.05, 0) is 67.3 Å². The van der Waals surface area contributed by atoms with Gasteiger partial charge in [-0.3, -0.25) is 14.4 Å². The molecule has 0 aliphatic carbocycles. The number of benzene rings is 3. The normalized spacial score (nSPS) is 12.3. The summed E-state index contributed by atoms with van der Waals surface area (Å²) in [7, 11) is 0. The fraction of sp³-hybridized carbons (Fsp3) is 0.344. The average molecular weight is 678 g/mol. The molecule has 0 unspecified atom stereocenters. The summed E-state index contributed by atoms with van der Waals surface area (Å²) in [4.78, 5) is 38.5. The van der Waals surface area contributed by atoms with Crippen LogP contribution in [0, 0.1) is 5.41 Å². The number of carbonyl (C=O) groups is 3. The summed E-state index contributed by atoms with van der Waals surface area (Å²) in [6, 6.07) is 12.3. The summed E-state index contributed by atoms with van der Waals surface area (Å²) in [6.45, 7) is -0.0740. The van der Waals surface area contributed by atoms with Gasteiger partial charge in [0.15, 0.2) is 5.78 Å². The molecule has 0 fully saturated rings. The van der Waals surface area contributed by atoms with Gasteiger partial charge in [0, 0.05) is 24.9 Å². The second-order valence-corrected chi connectivity index (χ2v) is 11.2. The van der Waals surface area contributed by atoms with Crippen LogP contribution in [0.4, 0.5) is 35.1 Å². The molecule has 0 aliphatic heterocycles. The molecule has 3 rings (SSSR count). The molecule has 1 N–H and O–H groups in total. The van der Waals surface area contributed by atoms with Crippen LogP contribution in [0.25, 0.3) is 0 Å². The summed E-state index contributed by atoms with van der Waals surface area (Å²) in [5, 5.41) is 2.33. The van der Waals surface area contributed by atoms with Crippen molar-refractivity contribution >= 4 is 29.1 Å². The lowest BCUT2D eigenvalue weighted by Crippen LogP contribution is -2.39. The van der Waals surface area contributed by atoms with Crippen molar-refractivity contribution in [1.29, 1.82) is 0 Å². The molecule has 0 heterocycles. The molecule has 1 amide bonds. The van der Waals surface area contributed by atoms with E-state index >= 15 is 0 Å². The second-order valence-electron chi connectivity index (χ2n) is 10.8. The number of hydrogen-bond acceptors (Lipinski definition) is 4. The lowest BCUT2D eigenvalue weighted by atomic mass is 9.84. The zero-order chi connectivity index (χ0) is 34.4. The van der Waals surface area contributed by atoms with Crippen molar-refractivity contribution in [2.75, 3.05) is 6.61 Å². The Kier molecular flexibility index (Phi) is 11.6. The first-order valence-corrected chi connectivity index (χ1v) is 14.1. The topological polar surface area (TPSA) is 72.5 Å². The van der Waals surface area contributed by atoms with E-state index in [4.69, 9.17) is 16.3 Å². The van der Waals surface area contributed by atoms with Gasteiger partial charge < -0.3 is 10.1 Å². The summed E-state index contributed by atoms with van der Waals surface area (Å²) >= 11 is 6.20. The fourth-order valence-electron chi connectivity index (χ4n) is 4.32. The average Bonchev–Trinajstić information content (AvgIpc) is 2.97. The van der Waals surface area contributed by atoms with Gasteiger partial charge >= 0.3 is 12.4 Å². The summed E-state index contributed by atoms with van der Waals surface area (Å²) in [5.74, 6) is -2.88. The van der Waals surface area contributed by atoms with Gasteiger partial charge in [0.1, 0.15) is 23.6 Å². The number of carbonyl (C=O) groups excluding carboxylic acids is 3. The van der Waals surface area contributed by atoms with Crippen molar-refractivity contribution in [3.63, 3.8) is 0 Å². The van der Waals surface area contributed by atoms with E-state index in [1.54, 1.807) is 0 Å². The van der Waals surface area contributed by atoms with E-state index in [9.17, 15) is 49.5 Å². The molecule has 0 spiro atoms. The Morgan fingerprint density at radius 2 is 1.50 bits per heavy atom. The Hall–Kier alpha value is -4.00. The van der Waals surface area contributed by atoms with Crippen LogP contribution < -0.4 is 10.1 Å². The van der Waals surface area contributed by atoms with Crippen LogP contribution in [0.1, 0.15) is 63.2 Å². The van der Waals surface area contributed by atoms with Gasteiger partial charge in [-0.2, -0.15) is 26.3 Å². The molecule has 0 radical (unpaired) electrons. The first-order valence-electron chi connectivity index (χ1n) is 13.7. The maximum Gasteiger partial charge on any atom is 0.416 e. The number of nitrogens with one attached hydrogen (secondary N) is 1. The van der Waals surface area contributed by atoms with E-state index in [0.29, 0.717) is 5.56 Å². The van der Waals surface area contributed by atoms with Gasteiger partial charge in [-0.1, -0.05) is 41.9 Å². The SMILES string of the molecule is CC(C)(C(=O)CCc1ccc(Cl)c(C(=O)Cc2ccc(OCC(F)F)c(C(=O)NCc3ccccc3C(F)(F)F)c2)c1)C(F)(F)F. The highest BCUT2D eigenvalue weighted by Crippen LogP contribution is 2.39. The number of aryl methyl sites for hydroxylation is 1. The number of Topliss-reactive ketones (excluding diaryl/α,β-unsaturated/α-hetero) is 2. The molecule has 0 bridgehead atoms. The lowest BCUT2D eigenvalue weighted by molar-refractivity contribution is -0.210. The van der Waals surface area contributed by atoms with Crippen molar-refractivity contribution in [3.8, 4) is 5.75 Å². The van der Waals surface area contributed by atoms with Crippen LogP contribution in [-0.2, 0) is 30.4 Å². The minimum absolute atomic E-state index is 0.00822. The zero-order valence-electron chi connectivity index (χ0n) is 24.4.